The van der Waals surface area contributed by atoms with Gasteiger partial charge in [0.1, 0.15) is 17.3 Å². The van der Waals surface area contributed by atoms with E-state index in [1.165, 1.54) is 17.0 Å². The Morgan fingerprint density at radius 3 is 2.09 bits per heavy atom. The van der Waals surface area contributed by atoms with Crippen molar-refractivity contribution in [2.24, 2.45) is 0 Å². The van der Waals surface area contributed by atoms with Gasteiger partial charge in [-0.2, -0.15) is 4.52 Å². The summed E-state index contributed by atoms with van der Waals surface area (Å²) in [6, 6.07) is 16.2. The number of thiazole rings is 1. The molecule has 33 heavy (non-hydrogen) atoms. The maximum absolute atomic E-state index is 11.0. The minimum atomic E-state index is -0.0947. The molecule has 9 heteroatoms. The second-order valence-electron chi connectivity index (χ2n) is 8.04. The van der Waals surface area contributed by atoms with Crippen LogP contribution in [0.4, 0.5) is 5.69 Å². The van der Waals surface area contributed by atoms with Crippen molar-refractivity contribution in [3.63, 3.8) is 0 Å². The zero-order valence-electron chi connectivity index (χ0n) is 18.9. The fourth-order valence-corrected chi connectivity index (χ4v) is 5.53. The third-order valence-corrected chi connectivity index (χ3v) is 7.18. The quantitative estimate of drug-likeness (QED) is 0.465. The lowest BCUT2D eigenvalue weighted by atomic mass is 10.0. The standard InChI is InChI=1S/C24H27N5O3S/c1-16-25-24-29(26-16)23(30)22(33-24)21(17-4-8-19(31-2)9-5-17)28-14-12-27(13-15-28)18-6-10-20(32-3)11-7-18/h4-11,21,30H,12-15H2,1-3H3/t21-/m0/s1. The minimum Gasteiger partial charge on any atom is -0.497 e. The molecule has 0 bridgehead atoms. The van der Waals surface area contributed by atoms with Gasteiger partial charge in [-0.3, -0.25) is 4.90 Å². The molecule has 8 nitrogen and oxygen atoms in total. The first kappa shape index (κ1) is 21.5. The van der Waals surface area contributed by atoms with E-state index in [0.717, 1.165) is 48.1 Å². The Morgan fingerprint density at radius 1 is 0.909 bits per heavy atom. The Balaban J connectivity index is 1.44. The van der Waals surface area contributed by atoms with Crippen molar-refractivity contribution in [3.8, 4) is 17.4 Å². The maximum atomic E-state index is 11.0. The molecular weight excluding hydrogens is 438 g/mol. The summed E-state index contributed by atoms with van der Waals surface area (Å²) >= 11 is 1.49. The molecule has 3 heterocycles. The molecule has 2 aromatic heterocycles. The van der Waals surface area contributed by atoms with Crippen molar-refractivity contribution >= 4 is 22.0 Å². The van der Waals surface area contributed by atoms with Crippen LogP contribution in [-0.4, -0.2) is 65.0 Å². The summed E-state index contributed by atoms with van der Waals surface area (Å²) in [5.41, 5.74) is 2.29. The van der Waals surface area contributed by atoms with E-state index < -0.39 is 0 Å². The predicted molar refractivity (Wildman–Crippen MR) is 129 cm³/mol. The normalized spacial score (nSPS) is 15.7. The number of fused-ring (bicyclic) bond motifs is 1. The van der Waals surface area contributed by atoms with Gasteiger partial charge in [-0.25, -0.2) is 4.98 Å². The van der Waals surface area contributed by atoms with E-state index in [1.807, 2.05) is 31.2 Å². The number of aromatic hydroxyl groups is 1. The molecular formula is C24H27N5O3S. The minimum absolute atomic E-state index is 0.0947. The second kappa shape index (κ2) is 8.92. The van der Waals surface area contributed by atoms with Crippen molar-refractivity contribution in [2.75, 3.05) is 45.3 Å². The van der Waals surface area contributed by atoms with Gasteiger partial charge >= 0.3 is 0 Å². The van der Waals surface area contributed by atoms with Crippen LogP contribution in [0.2, 0.25) is 0 Å². The van der Waals surface area contributed by atoms with Crippen LogP contribution in [0.25, 0.3) is 4.96 Å². The number of hydrogen-bond acceptors (Lipinski definition) is 8. The van der Waals surface area contributed by atoms with Crippen molar-refractivity contribution in [2.45, 2.75) is 13.0 Å². The molecule has 0 spiro atoms. The molecule has 0 saturated carbocycles. The zero-order valence-corrected chi connectivity index (χ0v) is 19.7. The van der Waals surface area contributed by atoms with E-state index in [4.69, 9.17) is 9.47 Å². The molecule has 0 unspecified atom stereocenters. The largest absolute Gasteiger partial charge is 0.497 e. The Labute approximate surface area is 196 Å². The lowest BCUT2D eigenvalue weighted by Crippen LogP contribution is -2.47. The Morgan fingerprint density at radius 2 is 1.52 bits per heavy atom. The number of hydrogen-bond donors (Lipinski definition) is 1. The molecule has 0 aliphatic carbocycles. The first-order valence-corrected chi connectivity index (χ1v) is 11.7. The van der Waals surface area contributed by atoms with Gasteiger partial charge < -0.3 is 19.5 Å². The average Bonchev–Trinajstić information content (AvgIpc) is 3.37. The molecule has 2 aromatic carbocycles. The molecule has 5 rings (SSSR count). The predicted octanol–water partition coefficient (Wildman–Crippen LogP) is 3.73. The highest BCUT2D eigenvalue weighted by Crippen LogP contribution is 2.40. The molecule has 1 aliphatic heterocycles. The molecule has 1 saturated heterocycles. The number of nitrogens with zero attached hydrogens (tertiary/aromatic N) is 5. The first-order valence-electron chi connectivity index (χ1n) is 10.9. The van der Waals surface area contributed by atoms with Crippen LogP contribution < -0.4 is 14.4 Å². The van der Waals surface area contributed by atoms with Gasteiger partial charge in [-0.1, -0.05) is 23.5 Å². The number of piperazine rings is 1. The zero-order chi connectivity index (χ0) is 22.9. The highest BCUT2D eigenvalue weighted by Gasteiger charge is 2.31. The number of ether oxygens (including phenoxy) is 2. The fraction of sp³-hybridized carbons (Fsp3) is 0.333. The highest BCUT2D eigenvalue weighted by molar-refractivity contribution is 7.17. The van der Waals surface area contributed by atoms with Crippen molar-refractivity contribution in [1.82, 2.24) is 19.5 Å². The second-order valence-corrected chi connectivity index (χ2v) is 9.05. The Bertz CT molecular complexity index is 1230. The lowest BCUT2D eigenvalue weighted by molar-refractivity contribution is 0.211. The summed E-state index contributed by atoms with van der Waals surface area (Å²) in [4.78, 5) is 10.8. The fourth-order valence-electron chi connectivity index (χ4n) is 4.37. The number of aromatic nitrogens is 3. The van der Waals surface area contributed by atoms with E-state index in [2.05, 4.69) is 44.1 Å². The van der Waals surface area contributed by atoms with E-state index in [1.54, 1.807) is 18.7 Å². The topological polar surface area (TPSA) is 75.4 Å². The molecule has 4 aromatic rings. The van der Waals surface area contributed by atoms with Gasteiger partial charge in [-0.15, -0.1) is 5.10 Å². The number of benzene rings is 2. The Hall–Kier alpha value is -3.30. The van der Waals surface area contributed by atoms with Crippen LogP contribution in [-0.2, 0) is 0 Å². The number of methoxy groups -OCH3 is 2. The molecule has 1 atom stereocenters. The lowest BCUT2D eigenvalue weighted by Gasteiger charge is -2.40. The third-order valence-electron chi connectivity index (χ3n) is 6.10. The average molecular weight is 466 g/mol. The highest BCUT2D eigenvalue weighted by atomic mass is 32.1. The summed E-state index contributed by atoms with van der Waals surface area (Å²) in [5, 5.41) is 15.4. The number of aryl methyl sites for hydroxylation is 1. The van der Waals surface area contributed by atoms with Crippen LogP contribution in [0, 0.1) is 6.92 Å². The summed E-state index contributed by atoms with van der Waals surface area (Å²) in [7, 11) is 3.35. The molecule has 1 N–H and O–H groups in total. The van der Waals surface area contributed by atoms with Gasteiger partial charge in [0.15, 0.2) is 0 Å². The van der Waals surface area contributed by atoms with E-state index in [-0.39, 0.29) is 11.9 Å². The van der Waals surface area contributed by atoms with E-state index >= 15 is 0 Å². The summed E-state index contributed by atoms with van der Waals surface area (Å²) in [6.07, 6.45) is 0. The van der Waals surface area contributed by atoms with Gasteiger partial charge in [0.25, 0.3) is 0 Å². The van der Waals surface area contributed by atoms with Crippen molar-refractivity contribution < 1.29 is 14.6 Å². The molecule has 1 aliphatic rings. The molecule has 0 radical (unpaired) electrons. The number of rotatable bonds is 6. The van der Waals surface area contributed by atoms with Gasteiger partial charge in [0.2, 0.25) is 10.8 Å². The van der Waals surface area contributed by atoms with Crippen molar-refractivity contribution in [1.29, 1.82) is 0 Å². The third kappa shape index (κ3) is 4.09. The van der Waals surface area contributed by atoms with Gasteiger partial charge in [0.05, 0.1) is 25.1 Å². The van der Waals surface area contributed by atoms with E-state index in [0.29, 0.717) is 10.8 Å². The van der Waals surface area contributed by atoms with Gasteiger partial charge in [0, 0.05) is 31.9 Å². The number of anilines is 1. The SMILES string of the molecule is COc1ccc([C@@H](c2sc3nc(C)nn3c2O)N2CCN(c3ccc(OC)cc3)CC2)cc1. The van der Waals surface area contributed by atoms with Crippen LogP contribution in [0.3, 0.4) is 0 Å². The summed E-state index contributed by atoms with van der Waals surface area (Å²) in [5.74, 6) is 2.48. The Kier molecular flexibility index (Phi) is 5.82. The summed E-state index contributed by atoms with van der Waals surface area (Å²) in [6.45, 7) is 5.32. The molecule has 172 valence electrons. The molecule has 0 amide bonds. The van der Waals surface area contributed by atoms with Crippen LogP contribution in [0.5, 0.6) is 17.4 Å². The van der Waals surface area contributed by atoms with Crippen LogP contribution in [0.1, 0.15) is 22.3 Å². The van der Waals surface area contributed by atoms with Gasteiger partial charge in [-0.05, 0) is 48.9 Å². The smallest absolute Gasteiger partial charge is 0.230 e. The molecule has 1 fully saturated rings. The van der Waals surface area contributed by atoms with E-state index in [9.17, 15) is 5.11 Å². The van der Waals surface area contributed by atoms with Crippen molar-refractivity contribution in [3.05, 3.63) is 64.8 Å². The van der Waals surface area contributed by atoms with Crippen LogP contribution >= 0.6 is 11.3 Å². The monoisotopic (exact) mass is 465 g/mol. The van der Waals surface area contributed by atoms with Crippen LogP contribution in [0.15, 0.2) is 48.5 Å². The summed E-state index contributed by atoms with van der Waals surface area (Å²) < 4.78 is 12.2. The first-order chi connectivity index (χ1) is 16.1. The maximum Gasteiger partial charge on any atom is 0.230 e.